The van der Waals surface area contributed by atoms with E-state index in [2.05, 4.69) is 19.9 Å². The molecule has 0 radical (unpaired) electrons. The minimum atomic E-state index is -0.291. The van der Waals surface area contributed by atoms with Gasteiger partial charge < -0.3 is 9.84 Å². The second-order valence-electron chi connectivity index (χ2n) is 9.26. The van der Waals surface area contributed by atoms with Crippen LogP contribution in [0.1, 0.15) is 66.7 Å². The largest absolute Gasteiger partial charge is 0.392 e. The lowest BCUT2D eigenvalue weighted by Crippen LogP contribution is -2.26. The minimum absolute atomic E-state index is 0.0442. The van der Waals surface area contributed by atoms with E-state index in [4.69, 9.17) is 4.74 Å². The van der Waals surface area contributed by atoms with Gasteiger partial charge in [-0.2, -0.15) is 0 Å². The Morgan fingerprint density at radius 1 is 1.31 bits per heavy atom. The molecule has 5 atom stereocenters. The quantitative estimate of drug-likeness (QED) is 0.462. The molecule has 2 fully saturated rings. The number of ketones is 2. The highest BCUT2D eigenvalue weighted by atomic mass is 16.6. The zero-order chi connectivity index (χ0) is 19.3. The predicted molar refractivity (Wildman–Crippen MR) is 101 cm³/mol. The lowest BCUT2D eigenvalue weighted by molar-refractivity contribution is -0.121. The molecule has 1 aliphatic heterocycles. The Kier molecular flexibility index (Phi) is 5.04. The molecule has 0 aromatic carbocycles. The Bertz CT molecular complexity index is 684. The first-order chi connectivity index (χ1) is 12.1. The van der Waals surface area contributed by atoms with Gasteiger partial charge in [0, 0.05) is 6.42 Å². The average molecular weight is 360 g/mol. The number of Topliss-reactive ketones (excluding diaryl/α,β-unsaturated/α-hetero) is 2. The monoisotopic (exact) mass is 360 g/mol. The molecule has 5 unspecified atom stereocenters. The third kappa shape index (κ3) is 3.34. The second-order valence-corrected chi connectivity index (χ2v) is 9.26. The van der Waals surface area contributed by atoms with Crippen LogP contribution in [-0.2, 0) is 14.3 Å². The molecular formula is C22H32O4. The van der Waals surface area contributed by atoms with Crippen LogP contribution in [0.3, 0.4) is 0 Å². The lowest BCUT2D eigenvalue weighted by Gasteiger charge is -2.31. The first kappa shape index (κ1) is 19.5. The number of fused-ring (bicyclic) bond motifs is 2. The summed E-state index contributed by atoms with van der Waals surface area (Å²) in [4.78, 5) is 24.9. The van der Waals surface area contributed by atoms with Crippen molar-refractivity contribution in [3.63, 3.8) is 0 Å². The summed E-state index contributed by atoms with van der Waals surface area (Å²) in [6.07, 6.45) is 5.65. The number of aliphatic hydroxyl groups is 1. The van der Waals surface area contributed by atoms with Gasteiger partial charge in [0.25, 0.3) is 0 Å². The fraction of sp³-hybridized carbons (Fsp3) is 0.727. The molecule has 0 amide bonds. The molecule has 1 heterocycles. The fourth-order valence-electron chi connectivity index (χ4n) is 5.19. The first-order valence-corrected chi connectivity index (χ1v) is 9.79. The molecule has 3 rings (SSSR count). The number of carbonyl (C=O) groups is 2. The van der Waals surface area contributed by atoms with Gasteiger partial charge in [-0.3, -0.25) is 9.59 Å². The van der Waals surface area contributed by atoms with Crippen LogP contribution >= 0.6 is 0 Å². The molecule has 4 nitrogen and oxygen atoms in total. The first-order valence-electron chi connectivity index (χ1n) is 9.79. The summed E-state index contributed by atoms with van der Waals surface area (Å²) in [5.41, 5.74) is 2.59. The van der Waals surface area contributed by atoms with E-state index in [1.54, 1.807) is 6.92 Å². The fourth-order valence-corrected chi connectivity index (χ4v) is 5.19. The molecule has 0 aromatic heterocycles. The van der Waals surface area contributed by atoms with Crippen LogP contribution < -0.4 is 0 Å². The van der Waals surface area contributed by atoms with E-state index >= 15 is 0 Å². The number of hydrogen-bond donors (Lipinski definition) is 1. The SMILES string of the molecule is CC(=O)C1CC(CO)=CCC2(C)CC(=O)C(=C(C)C)C2CCC2(C)OC12. The summed E-state index contributed by atoms with van der Waals surface area (Å²) >= 11 is 0. The van der Waals surface area contributed by atoms with Crippen LogP contribution in [0, 0.1) is 17.3 Å². The summed E-state index contributed by atoms with van der Waals surface area (Å²) < 4.78 is 6.02. The standard InChI is InChI=1S/C22H32O4/c1-13(2)19-17-7-9-22(5)20(26-22)16(14(3)24)10-15(12-23)6-8-21(17,4)11-18(19)25/h6,16-17,20,23H,7-12H2,1-5H3. The molecule has 1 N–H and O–H groups in total. The molecule has 0 bridgehead atoms. The molecule has 144 valence electrons. The Morgan fingerprint density at radius 3 is 2.58 bits per heavy atom. The number of allylic oxidation sites excluding steroid dienone is 3. The van der Waals surface area contributed by atoms with Crippen molar-refractivity contribution in [1.82, 2.24) is 0 Å². The van der Waals surface area contributed by atoms with E-state index in [9.17, 15) is 14.7 Å². The van der Waals surface area contributed by atoms with E-state index < -0.39 is 0 Å². The van der Waals surface area contributed by atoms with Gasteiger partial charge in [-0.1, -0.05) is 18.6 Å². The van der Waals surface area contributed by atoms with Crippen molar-refractivity contribution in [3.05, 3.63) is 22.8 Å². The van der Waals surface area contributed by atoms with Gasteiger partial charge in [0.15, 0.2) is 5.78 Å². The van der Waals surface area contributed by atoms with Crippen molar-refractivity contribution >= 4 is 11.6 Å². The van der Waals surface area contributed by atoms with Crippen molar-refractivity contribution in [3.8, 4) is 0 Å². The van der Waals surface area contributed by atoms with Gasteiger partial charge in [-0.25, -0.2) is 0 Å². The molecule has 0 aromatic rings. The zero-order valence-electron chi connectivity index (χ0n) is 16.7. The molecule has 1 saturated carbocycles. The minimum Gasteiger partial charge on any atom is -0.392 e. The Balaban J connectivity index is 1.99. The summed E-state index contributed by atoms with van der Waals surface area (Å²) in [5, 5.41) is 9.82. The summed E-state index contributed by atoms with van der Waals surface area (Å²) in [6, 6.07) is 0. The van der Waals surface area contributed by atoms with Gasteiger partial charge in [-0.05, 0) is 75.9 Å². The van der Waals surface area contributed by atoms with E-state index in [0.717, 1.165) is 36.0 Å². The van der Waals surface area contributed by atoms with E-state index in [0.29, 0.717) is 12.8 Å². The number of rotatable bonds is 2. The number of epoxide rings is 1. The van der Waals surface area contributed by atoms with Crippen LogP contribution in [-0.4, -0.2) is 35.0 Å². The van der Waals surface area contributed by atoms with Crippen LogP contribution in [0.25, 0.3) is 0 Å². The molecule has 2 aliphatic carbocycles. The molecule has 0 spiro atoms. The highest BCUT2D eigenvalue weighted by Gasteiger charge is 2.58. The van der Waals surface area contributed by atoms with Crippen LogP contribution in [0.5, 0.6) is 0 Å². The topological polar surface area (TPSA) is 66.9 Å². The third-order valence-corrected chi connectivity index (χ3v) is 6.89. The predicted octanol–water partition coefficient (Wildman–Crippen LogP) is 3.77. The second kappa shape index (κ2) is 6.72. The normalized spacial score (nSPS) is 40.2. The Morgan fingerprint density at radius 2 is 2.00 bits per heavy atom. The zero-order valence-corrected chi connectivity index (χ0v) is 16.7. The van der Waals surface area contributed by atoms with E-state index in [-0.39, 0.29) is 47.1 Å². The van der Waals surface area contributed by atoms with E-state index in [1.165, 1.54) is 0 Å². The van der Waals surface area contributed by atoms with Crippen LogP contribution in [0.4, 0.5) is 0 Å². The van der Waals surface area contributed by atoms with Crippen molar-refractivity contribution in [2.45, 2.75) is 78.4 Å². The van der Waals surface area contributed by atoms with Crippen LogP contribution in [0.2, 0.25) is 0 Å². The smallest absolute Gasteiger partial charge is 0.159 e. The summed E-state index contributed by atoms with van der Waals surface area (Å²) in [6.45, 7) is 9.93. The van der Waals surface area contributed by atoms with Crippen molar-refractivity contribution < 1.29 is 19.4 Å². The molecule has 3 aliphatic rings. The maximum atomic E-state index is 12.7. The maximum Gasteiger partial charge on any atom is 0.159 e. The third-order valence-electron chi connectivity index (χ3n) is 6.89. The average Bonchev–Trinajstić information content (AvgIpc) is 3.12. The highest BCUT2D eigenvalue weighted by molar-refractivity contribution is 5.99. The van der Waals surface area contributed by atoms with Gasteiger partial charge in [0.1, 0.15) is 5.78 Å². The molecular weight excluding hydrogens is 328 g/mol. The van der Waals surface area contributed by atoms with Crippen molar-refractivity contribution in [2.24, 2.45) is 17.3 Å². The van der Waals surface area contributed by atoms with Gasteiger partial charge in [-0.15, -0.1) is 0 Å². The molecule has 26 heavy (non-hydrogen) atoms. The summed E-state index contributed by atoms with van der Waals surface area (Å²) in [7, 11) is 0. The number of hydrogen-bond acceptors (Lipinski definition) is 4. The maximum absolute atomic E-state index is 12.7. The van der Waals surface area contributed by atoms with Gasteiger partial charge >= 0.3 is 0 Å². The van der Waals surface area contributed by atoms with Crippen molar-refractivity contribution in [2.75, 3.05) is 6.61 Å². The Hall–Kier alpha value is -1.26. The summed E-state index contributed by atoms with van der Waals surface area (Å²) in [5.74, 6) is 0.429. The molecule has 4 heteroatoms. The number of aliphatic hydroxyl groups excluding tert-OH is 1. The van der Waals surface area contributed by atoms with Crippen LogP contribution in [0.15, 0.2) is 22.8 Å². The van der Waals surface area contributed by atoms with Gasteiger partial charge in [0.05, 0.1) is 24.2 Å². The Labute approximate surface area is 156 Å². The number of carbonyl (C=O) groups excluding carboxylic acids is 2. The van der Waals surface area contributed by atoms with Crippen molar-refractivity contribution in [1.29, 1.82) is 0 Å². The molecule has 1 saturated heterocycles. The van der Waals surface area contributed by atoms with E-state index in [1.807, 2.05) is 13.8 Å². The lowest BCUT2D eigenvalue weighted by atomic mass is 9.72. The number of ether oxygens (including phenoxy) is 1. The highest BCUT2D eigenvalue weighted by Crippen LogP contribution is 2.54. The van der Waals surface area contributed by atoms with Gasteiger partial charge in [0.2, 0.25) is 0 Å².